The molecule has 0 saturated carbocycles. The number of amides is 1. The number of nitrogens with zero attached hydrogens (tertiary/aromatic N) is 2. The number of fused-ring (bicyclic) bond motifs is 3. The van der Waals surface area contributed by atoms with E-state index in [0.29, 0.717) is 6.54 Å². The highest BCUT2D eigenvalue weighted by Gasteiger charge is 2.24. The van der Waals surface area contributed by atoms with Gasteiger partial charge in [0.2, 0.25) is 0 Å². The maximum Gasteiger partial charge on any atom is 0.256 e. The fourth-order valence-corrected chi connectivity index (χ4v) is 3.17. The lowest BCUT2D eigenvalue weighted by Crippen LogP contribution is -2.31. The Hall–Kier alpha value is -2.81. The van der Waals surface area contributed by atoms with Crippen molar-refractivity contribution in [1.29, 1.82) is 0 Å². The lowest BCUT2D eigenvalue weighted by molar-refractivity contribution is 0.0748. The van der Waals surface area contributed by atoms with E-state index in [0.717, 1.165) is 29.9 Å². The summed E-state index contributed by atoms with van der Waals surface area (Å²) in [6.07, 6.45) is 2.90. The normalized spacial score (nSPS) is 13.4. The minimum absolute atomic E-state index is 0.111. The molecule has 0 atom stereocenters. The van der Waals surface area contributed by atoms with Crippen LogP contribution in [0.4, 0.5) is 0 Å². The minimum Gasteiger partial charge on any atom is -0.332 e. The van der Waals surface area contributed by atoms with Crippen LogP contribution in [0, 0.1) is 0 Å². The van der Waals surface area contributed by atoms with Crippen LogP contribution in [0.3, 0.4) is 0 Å². The zero-order valence-corrected chi connectivity index (χ0v) is 12.9. The molecule has 3 aromatic rings. The third-order valence-electron chi connectivity index (χ3n) is 4.38. The Morgan fingerprint density at radius 1 is 0.870 bits per heavy atom. The van der Waals surface area contributed by atoms with Crippen LogP contribution in [0.15, 0.2) is 72.9 Å². The second-order valence-electron chi connectivity index (χ2n) is 5.85. The van der Waals surface area contributed by atoms with Crippen LogP contribution in [0.1, 0.15) is 21.6 Å². The smallest absolute Gasteiger partial charge is 0.256 e. The molecule has 0 bridgehead atoms. The molecule has 1 aliphatic heterocycles. The Labute approximate surface area is 135 Å². The fourth-order valence-electron chi connectivity index (χ4n) is 3.17. The van der Waals surface area contributed by atoms with Crippen molar-refractivity contribution in [2.45, 2.75) is 13.0 Å². The molecule has 2 heterocycles. The average Bonchev–Trinajstić information content (AvgIpc) is 3.03. The van der Waals surface area contributed by atoms with Crippen LogP contribution < -0.4 is 0 Å². The van der Waals surface area contributed by atoms with Gasteiger partial charge in [0.05, 0.1) is 17.8 Å². The van der Waals surface area contributed by atoms with Crippen molar-refractivity contribution in [3.8, 4) is 5.69 Å². The second kappa shape index (κ2) is 5.76. The molecule has 4 rings (SSSR count). The highest BCUT2D eigenvalue weighted by Crippen LogP contribution is 2.24. The molecule has 3 nitrogen and oxygen atoms in total. The van der Waals surface area contributed by atoms with E-state index >= 15 is 0 Å². The highest BCUT2D eigenvalue weighted by atomic mass is 16.2. The third-order valence-corrected chi connectivity index (χ3v) is 4.38. The zero-order chi connectivity index (χ0) is 15.6. The molecule has 0 aliphatic carbocycles. The number of para-hydroxylation sites is 1. The number of carbonyl (C=O) groups excluding carboxylic acids is 1. The largest absolute Gasteiger partial charge is 0.332 e. The van der Waals surface area contributed by atoms with E-state index in [1.807, 2.05) is 59.6 Å². The van der Waals surface area contributed by atoms with E-state index in [1.165, 1.54) is 5.56 Å². The minimum atomic E-state index is 0.111. The van der Waals surface area contributed by atoms with Gasteiger partial charge in [0.25, 0.3) is 5.91 Å². The van der Waals surface area contributed by atoms with Gasteiger partial charge >= 0.3 is 0 Å². The molecule has 0 saturated heterocycles. The number of benzene rings is 2. The van der Waals surface area contributed by atoms with Crippen molar-refractivity contribution in [1.82, 2.24) is 9.47 Å². The molecule has 1 amide bonds. The molecule has 114 valence electrons. The van der Waals surface area contributed by atoms with Crippen LogP contribution in [0.5, 0.6) is 0 Å². The van der Waals surface area contributed by atoms with Gasteiger partial charge in [-0.3, -0.25) is 4.79 Å². The topological polar surface area (TPSA) is 25.2 Å². The summed E-state index contributed by atoms with van der Waals surface area (Å²) in [6.45, 7) is 1.37. The van der Waals surface area contributed by atoms with Crippen LogP contribution in [-0.2, 0) is 13.0 Å². The van der Waals surface area contributed by atoms with Gasteiger partial charge in [0.1, 0.15) is 0 Å². The van der Waals surface area contributed by atoms with Gasteiger partial charge in [0, 0.05) is 18.4 Å². The maximum atomic E-state index is 12.9. The average molecular weight is 302 g/mol. The monoisotopic (exact) mass is 302 g/mol. The van der Waals surface area contributed by atoms with E-state index in [9.17, 15) is 4.79 Å². The molecule has 1 aromatic heterocycles. The van der Waals surface area contributed by atoms with Crippen molar-refractivity contribution in [3.05, 3.63) is 89.7 Å². The first kappa shape index (κ1) is 13.8. The van der Waals surface area contributed by atoms with E-state index in [-0.39, 0.29) is 5.91 Å². The predicted molar refractivity (Wildman–Crippen MR) is 90.7 cm³/mol. The van der Waals surface area contributed by atoms with Crippen LogP contribution >= 0.6 is 0 Å². The van der Waals surface area contributed by atoms with Gasteiger partial charge in [0.15, 0.2) is 0 Å². The van der Waals surface area contributed by atoms with E-state index < -0.39 is 0 Å². The van der Waals surface area contributed by atoms with E-state index in [4.69, 9.17) is 0 Å². The molecule has 0 radical (unpaired) electrons. The Morgan fingerprint density at radius 3 is 2.52 bits per heavy atom. The third kappa shape index (κ3) is 2.55. The highest BCUT2D eigenvalue weighted by molar-refractivity contribution is 5.98. The SMILES string of the molecule is O=C1c2ccccc2-n2cccc2CN1CCc1ccccc1. The summed E-state index contributed by atoms with van der Waals surface area (Å²) in [5.41, 5.74) is 4.15. The molecular weight excluding hydrogens is 284 g/mol. The molecular formula is C20H18N2O. The van der Waals surface area contributed by atoms with Gasteiger partial charge in [-0.25, -0.2) is 0 Å². The standard InChI is InChI=1S/C20H18N2O/c23-20-18-10-4-5-11-19(18)22-13-6-9-17(22)15-21(20)14-12-16-7-2-1-3-8-16/h1-11,13H,12,14-15H2. The summed E-state index contributed by atoms with van der Waals surface area (Å²) in [5.74, 6) is 0.111. The maximum absolute atomic E-state index is 12.9. The lowest BCUT2D eigenvalue weighted by atomic mass is 10.1. The van der Waals surface area contributed by atoms with Crippen molar-refractivity contribution in [2.24, 2.45) is 0 Å². The lowest BCUT2D eigenvalue weighted by Gasteiger charge is -2.20. The molecule has 3 heteroatoms. The summed E-state index contributed by atoms with van der Waals surface area (Å²) in [6, 6.07) is 22.3. The van der Waals surface area contributed by atoms with Crippen LogP contribution in [-0.4, -0.2) is 21.9 Å². The summed E-state index contributed by atoms with van der Waals surface area (Å²) < 4.78 is 2.12. The predicted octanol–water partition coefficient (Wildman–Crippen LogP) is 3.68. The zero-order valence-electron chi connectivity index (χ0n) is 12.9. The molecule has 0 spiro atoms. The number of hydrogen-bond acceptors (Lipinski definition) is 1. The van der Waals surface area contributed by atoms with Crippen molar-refractivity contribution in [3.63, 3.8) is 0 Å². The first-order chi connectivity index (χ1) is 11.3. The second-order valence-corrected chi connectivity index (χ2v) is 5.85. The number of aromatic nitrogens is 1. The van der Waals surface area contributed by atoms with Crippen LogP contribution in [0.2, 0.25) is 0 Å². The van der Waals surface area contributed by atoms with Gasteiger partial charge < -0.3 is 9.47 Å². The first-order valence-electron chi connectivity index (χ1n) is 7.92. The van der Waals surface area contributed by atoms with Crippen molar-refractivity contribution >= 4 is 5.91 Å². The Morgan fingerprint density at radius 2 is 1.65 bits per heavy atom. The Balaban J connectivity index is 1.66. The molecule has 23 heavy (non-hydrogen) atoms. The van der Waals surface area contributed by atoms with Gasteiger partial charge in [-0.1, -0.05) is 42.5 Å². The van der Waals surface area contributed by atoms with E-state index in [1.54, 1.807) is 0 Å². The van der Waals surface area contributed by atoms with Crippen LogP contribution in [0.25, 0.3) is 5.69 Å². The molecule has 0 unspecified atom stereocenters. The van der Waals surface area contributed by atoms with Crippen molar-refractivity contribution < 1.29 is 4.79 Å². The molecule has 2 aromatic carbocycles. The Kier molecular flexibility index (Phi) is 3.46. The summed E-state index contributed by atoms with van der Waals surface area (Å²) in [7, 11) is 0. The van der Waals surface area contributed by atoms with Crippen molar-refractivity contribution in [2.75, 3.05) is 6.54 Å². The number of hydrogen-bond donors (Lipinski definition) is 0. The van der Waals surface area contributed by atoms with Gasteiger partial charge in [-0.05, 0) is 36.2 Å². The summed E-state index contributed by atoms with van der Waals surface area (Å²) in [5, 5.41) is 0. The molecule has 0 fully saturated rings. The summed E-state index contributed by atoms with van der Waals surface area (Å²) in [4.78, 5) is 14.9. The fraction of sp³-hybridized carbons (Fsp3) is 0.150. The van der Waals surface area contributed by atoms with Gasteiger partial charge in [-0.2, -0.15) is 0 Å². The van der Waals surface area contributed by atoms with Gasteiger partial charge in [-0.15, -0.1) is 0 Å². The molecule has 1 aliphatic rings. The molecule has 0 N–H and O–H groups in total. The van der Waals surface area contributed by atoms with E-state index in [2.05, 4.69) is 22.8 Å². The Bertz CT molecular complexity index is 836. The number of rotatable bonds is 3. The number of carbonyl (C=O) groups is 1. The summed E-state index contributed by atoms with van der Waals surface area (Å²) >= 11 is 0. The quantitative estimate of drug-likeness (QED) is 0.724. The first-order valence-corrected chi connectivity index (χ1v) is 7.92.